The highest BCUT2D eigenvalue weighted by atomic mass is 19.4. The minimum Gasteiger partial charge on any atom is -0.342 e. The van der Waals surface area contributed by atoms with Crippen LogP contribution in [-0.2, 0) is 17.4 Å². The van der Waals surface area contributed by atoms with Crippen molar-refractivity contribution < 1.29 is 18.0 Å². The van der Waals surface area contributed by atoms with Gasteiger partial charge in [-0.3, -0.25) is 4.79 Å². The lowest BCUT2D eigenvalue weighted by Gasteiger charge is -2.33. The fourth-order valence-electron chi connectivity index (χ4n) is 4.45. The van der Waals surface area contributed by atoms with Crippen LogP contribution in [0.25, 0.3) is 5.65 Å². The van der Waals surface area contributed by atoms with E-state index in [-0.39, 0.29) is 23.4 Å². The molecule has 0 atom stereocenters. The van der Waals surface area contributed by atoms with Gasteiger partial charge in [0.2, 0.25) is 5.91 Å². The molecule has 0 radical (unpaired) electrons. The highest BCUT2D eigenvalue weighted by molar-refractivity contribution is 5.79. The molecule has 0 N–H and O–H groups in total. The third kappa shape index (κ3) is 3.61. The van der Waals surface area contributed by atoms with Crippen molar-refractivity contribution in [1.29, 1.82) is 0 Å². The van der Waals surface area contributed by atoms with Crippen molar-refractivity contribution in [3.05, 3.63) is 29.2 Å². The number of amides is 1. The van der Waals surface area contributed by atoms with Crippen LogP contribution >= 0.6 is 0 Å². The van der Waals surface area contributed by atoms with Crippen LogP contribution in [0.15, 0.2) is 12.1 Å². The van der Waals surface area contributed by atoms with Gasteiger partial charge in [0.25, 0.3) is 0 Å². The number of alkyl halides is 3. The van der Waals surface area contributed by atoms with E-state index in [2.05, 4.69) is 10.1 Å². The van der Waals surface area contributed by atoms with E-state index in [0.29, 0.717) is 30.9 Å². The molecule has 1 saturated heterocycles. The third-order valence-corrected chi connectivity index (χ3v) is 6.08. The first kappa shape index (κ1) is 19.2. The van der Waals surface area contributed by atoms with Crippen LogP contribution in [0.3, 0.4) is 0 Å². The predicted octanol–water partition coefficient (Wildman–Crippen LogP) is 4.21. The number of piperidine rings is 1. The maximum absolute atomic E-state index is 13.4. The fourth-order valence-corrected chi connectivity index (χ4v) is 4.45. The number of aryl methyl sites for hydroxylation is 1. The van der Waals surface area contributed by atoms with E-state index in [4.69, 9.17) is 0 Å². The van der Waals surface area contributed by atoms with E-state index in [1.807, 2.05) is 4.90 Å². The summed E-state index contributed by atoms with van der Waals surface area (Å²) < 4.78 is 41.2. The van der Waals surface area contributed by atoms with Crippen LogP contribution in [0.4, 0.5) is 13.2 Å². The molecule has 1 saturated carbocycles. The topological polar surface area (TPSA) is 50.5 Å². The van der Waals surface area contributed by atoms with Gasteiger partial charge in [0, 0.05) is 36.7 Å². The number of halogens is 3. The minimum absolute atomic E-state index is 0.0560. The molecule has 4 rings (SSSR count). The Balaban J connectivity index is 1.53. The number of aromatic nitrogens is 3. The van der Waals surface area contributed by atoms with Crippen molar-refractivity contribution in [2.75, 3.05) is 13.1 Å². The summed E-state index contributed by atoms with van der Waals surface area (Å²) in [4.78, 5) is 18.8. The van der Waals surface area contributed by atoms with Crippen LogP contribution < -0.4 is 0 Å². The quantitative estimate of drug-likeness (QED) is 0.784. The van der Waals surface area contributed by atoms with Gasteiger partial charge in [0.05, 0.1) is 5.69 Å². The molecule has 2 aromatic heterocycles. The zero-order valence-electron chi connectivity index (χ0n) is 16.0. The Morgan fingerprint density at radius 2 is 1.82 bits per heavy atom. The Hall–Kier alpha value is -2.12. The molecule has 0 aromatic carbocycles. The number of hydrogen-bond donors (Lipinski definition) is 0. The maximum atomic E-state index is 13.4. The summed E-state index contributed by atoms with van der Waals surface area (Å²) in [5.41, 5.74) is 0.503. The molecular formula is C20H25F3N4O. The Bertz CT molecular complexity index is 862. The average Bonchev–Trinajstić information content (AvgIpc) is 3.35. The summed E-state index contributed by atoms with van der Waals surface area (Å²) in [6.45, 7) is 3.08. The van der Waals surface area contributed by atoms with Gasteiger partial charge in [-0.1, -0.05) is 19.8 Å². The van der Waals surface area contributed by atoms with E-state index < -0.39 is 11.9 Å². The van der Waals surface area contributed by atoms with E-state index in [1.165, 1.54) is 0 Å². The lowest BCUT2D eigenvalue weighted by molar-refractivity contribution is -0.142. The minimum atomic E-state index is -4.48. The molecule has 1 aliphatic carbocycles. The van der Waals surface area contributed by atoms with E-state index in [9.17, 15) is 18.0 Å². The highest BCUT2D eigenvalue weighted by Crippen LogP contribution is 2.34. The summed E-state index contributed by atoms with van der Waals surface area (Å²) in [6.07, 6.45) is 1.63. The van der Waals surface area contributed by atoms with Crippen molar-refractivity contribution in [2.45, 2.75) is 64.0 Å². The van der Waals surface area contributed by atoms with Crippen molar-refractivity contribution in [3.8, 4) is 0 Å². The summed E-state index contributed by atoms with van der Waals surface area (Å²) in [6, 6.07) is 2.75. The Labute approximate surface area is 161 Å². The van der Waals surface area contributed by atoms with Crippen LogP contribution in [0.5, 0.6) is 0 Å². The van der Waals surface area contributed by atoms with E-state index >= 15 is 0 Å². The molecule has 2 aromatic rings. The number of carbonyl (C=O) groups is 1. The molecule has 0 spiro atoms. The largest absolute Gasteiger partial charge is 0.433 e. The molecule has 0 unspecified atom stereocenters. The lowest BCUT2D eigenvalue weighted by Crippen LogP contribution is -2.40. The molecule has 0 bridgehead atoms. The van der Waals surface area contributed by atoms with E-state index in [0.717, 1.165) is 49.1 Å². The van der Waals surface area contributed by atoms with Gasteiger partial charge in [-0.25, -0.2) is 9.50 Å². The molecule has 152 valence electrons. The summed E-state index contributed by atoms with van der Waals surface area (Å²) in [7, 11) is 0. The van der Waals surface area contributed by atoms with Crippen LogP contribution in [-0.4, -0.2) is 38.5 Å². The number of carbonyl (C=O) groups excluding carboxylic acids is 1. The number of rotatable bonds is 3. The zero-order valence-corrected chi connectivity index (χ0v) is 16.0. The van der Waals surface area contributed by atoms with Gasteiger partial charge in [-0.15, -0.1) is 0 Å². The fraction of sp³-hybridized carbons (Fsp3) is 0.650. The number of likely N-dealkylation sites (tertiary alicyclic amines) is 1. The molecular weight excluding hydrogens is 369 g/mol. The second-order valence-electron chi connectivity index (χ2n) is 7.90. The molecule has 1 aliphatic heterocycles. The SMILES string of the molecule is CCc1cc(C(F)(F)F)n2nc(C3CCN(C(=O)C4CCCC4)CC3)cc2n1. The maximum Gasteiger partial charge on any atom is 0.433 e. The monoisotopic (exact) mass is 394 g/mol. The van der Waals surface area contributed by atoms with Gasteiger partial charge in [0.1, 0.15) is 5.69 Å². The first-order chi connectivity index (χ1) is 13.4. The third-order valence-electron chi connectivity index (χ3n) is 6.08. The first-order valence-corrected chi connectivity index (χ1v) is 10.1. The number of hydrogen-bond acceptors (Lipinski definition) is 3. The summed E-state index contributed by atoms with van der Waals surface area (Å²) in [5, 5.41) is 4.26. The van der Waals surface area contributed by atoms with Crippen LogP contribution in [0.2, 0.25) is 0 Å². The summed E-state index contributed by atoms with van der Waals surface area (Å²) >= 11 is 0. The molecule has 3 heterocycles. The smallest absolute Gasteiger partial charge is 0.342 e. The second-order valence-corrected chi connectivity index (χ2v) is 7.90. The predicted molar refractivity (Wildman–Crippen MR) is 97.9 cm³/mol. The molecule has 2 aliphatic rings. The van der Waals surface area contributed by atoms with E-state index in [1.54, 1.807) is 13.0 Å². The van der Waals surface area contributed by atoms with Crippen molar-refractivity contribution in [1.82, 2.24) is 19.5 Å². The van der Waals surface area contributed by atoms with Gasteiger partial charge in [-0.2, -0.15) is 18.3 Å². The average molecular weight is 394 g/mol. The lowest BCUT2D eigenvalue weighted by atomic mass is 9.92. The normalized spacial score (nSPS) is 19.6. The number of fused-ring (bicyclic) bond motifs is 1. The second kappa shape index (κ2) is 7.37. The van der Waals surface area contributed by atoms with Crippen LogP contribution in [0, 0.1) is 5.92 Å². The first-order valence-electron chi connectivity index (χ1n) is 10.1. The number of nitrogens with zero attached hydrogens (tertiary/aromatic N) is 4. The molecule has 5 nitrogen and oxygen atoms in total. The van der Waals surface area contributed by atoms with Gasteiger partial charge in [0.15, 0.2) is 5.65 Å². The Morgan fingerprint density at radius 1 is 1.14 bits per heavy atom. The standard InChI is InChI=1S/C20H25F3N4O/c1-2-15-11-17(20(21,22)23)27-18(24-15)12-16(25-27)13-7-9-26(10-8-13)19(28)14-5-3-4-6-14/h11-14H,2-10H2,1H3. The van der Waals surface area contributed by atoms with Crippen molar-refractivity contribution in [2.24, 2.45) is 5.92 Å². The van der Waals surface area contributed by atoms with Gasteiger partial charge >= 0.3 is 6.18 Å². The molecule has 8 heteroatoms. The molecule has 28 heavy (non-hydrogen) atoms. The molecule has 2 fully saturated rings. The van der Waals surface area contributed by atoms with Gasteiger partial charge in [-0.05, 0) is 38.2 Å². The van der Waals surface area contributed by atoms with Crippen molar-refractivity contribution in [3.63, 3.8) is 0 Å². The molecule has 1 amide bonds. The Morgan fingerprint density at radius 3 is 2.43 bits per heavy atom. The highest BCUT2D eigenvalue weighted by Gasteiger charge is 2.36. The van der Waals surface area contributed by atoms with Crippen LogP contribution in [0.1, 0.15) is 68.4 Å². The zero-order chi connectivity index (χ0) is 19.9. The van der Waals surface area contributed by atoms with Gasteiger partial charge < -0.3 is 4.90 Å². The Kier molecular flexibility index (Phi) is 5.05. The van der Waals surface area contributed by atoms with Crippen molar-refractivity contribution >= 4 is 11.6 Å². The summed E-state index contributed by atoms with van der Waals surface area (Å²) in [5.74, 6) is 0.470.